The Labute approximate surface area is 113 Å². The molecule has 0 aromatic heterocycles. The highest BCUT2D eigenvalue weighted by Gasteiger charge is 2.30. The first-order chi connectivity index (χ1) is 8.83. The molecule has 0 aromatic rings. The van der Waals surface area contributed by atoms with Gasteiger partial charge >= 0.3 is 0 Å². The van der Waals surface area contributed by atoms with Crippen molar-refractivity contribution < 1.29 is 5.11 Å². The van der Waals surface area contributed by atoms with Crippen molar-refractivity contribution in [3.8, 4) is 0 Å². The SMILES string of the molecule is CCCC1CCC(C2CCC(CCO)CC2)CC1. The summed E-state index contributed by atoms with van der Waals surface area (Å²) in [5, 5.41) is 9.01. The Balaban J connectivity index is 1.68. The van der Waals surface area contributed by atoms with Crippen LogP contribution in [0.15, 0.2) is 0 Å². The number of hydrogen-bond donors (Lipinski definition) is 1. The maximum absolute atomic E-state index is 9.01. The molecule has 0 bridgehead atoms. The summed E-state index contributed by atoms with van der Waals surface area (Å²) in [7, 11) is 0. The third kappa shape index (κ3) is 3.98. The fourth-order valence-electron chi connectivity index (χ4n) is 4.49. The van der Waals surface area contributed by atoms with E-state index < -0.39 is 0 Å². The summed E-state index contributed by atoms with van der Waals surface area (Å²) in [6, 6.07) is 0. The molecule has 2 aliphatic carbocycles. The molecule has 2 aliphatic rings. The lowest BCUT2D eigenvalue weighted by molar-refractivity contribution is 0.132. The maximum Gasteiger partial charge on any atom is 0.0433 e. The van der Waals surface area contributed by atoms with E-state index in [0.717, 1.165) is 30.1 Å². The van der Waals surface area contributed by atoms with Gasteiger partial charge in [0.15, 0.2) is 0 Å². The van der Waals surface area contributed by atoms with Gasteiger partial charge in [0.05, 0.1) is 0 Å². The highest BCUT2D eigenvalue weighted by Crippen LogP contribution is 2.42. The van der Waals surface area contributed by atoms with Crippen molar-refractivity contribution in [2.75, 3.05) is 6.61 Å². The van der Waals surface area contributed by atoms with Crippen LogP contribution in [0.1, 0.15) is 77.6 Å². The van der Waals surface area contributed by atoms with Gasteiger partial charge in [-0.05, 0) is 55.8 Å². The van der Waals surface area contributed by atoms with E-state index in [-0.39, 0.29) is 0 Å². The Kier molecular flexibility index (Phi) is 6.01. The Morgan fingerprint density at radius 2 is 1.17 bits per heavy atom. The van der Waals surface area contributed by atoms with Crippen molar-refractivity contribution in [3.05, 3.63) is 0 Å². The third-order valence-corrected chi connectivity index (χ3v) is 5.68. The minimum atomic E-state index is 0.400. The number of aliphatic hydroxyl groups is 1. The lowest BCUT2D eigenvalue weighted by Crippen LogP contribution is -2.26. The molecule has 0 aliphatic heterocycles. The summed E-state index contributed by atoms with van der Waals surface area (Å²) in [6.07, 6.45) is 15.6. The highest BCUT2D eigenvalue weighted by atomic mass is 16.3. The summed E-state index contributed by atoms with van der Waals surface area (Å²) < 4.78 is 0. The van der Waals surface area contributed by atoms with Crippen molar-refractivity contribution >= 4 is 0 Å². The molecule has 2 fully saturated rings. The van der Waals surface area contributed by atoms with E-state index in [1.807, 2.05) is 0 Å². The second-order valence-electron chi connectivity index (χ2n) is 6.86. The normalized spacial score (nSPS) is 37.7. The van der Waals surface area contributed by atoms with Gasteiger partial charge in [-0.3, -0.25) is 0 Å². The Hall–Kier alpha value is -0.0400. The largest absolute Gasteiger partial charge is 0.396 e. The van der Waals surface area contributed by atoms with Crippen LogP contribution < -0.4 is 0 Å². The fourth-order valence-corrected chi connectivity index (χ4v) is 4.49. The predicted octanol–water partition coefficient (Wildman–Crippen LogP) is 4.78. The zero-order valence-electron chi connectivity index (χ0n) is 12.2. The lowest BCUT2D eigenvalue weighted by Gasteiger charge is -2.37. The smallest absolute Gasteiger partial charge is 0.0433 e. The van der Waals surface area contributed by atoms with Crippen LogP contribution in [0.4, 0.5) is 0 Å². The zero-order chi connectivity index (χ0) is 12.8. The molecular weight excluding hydrogens is 220 g/mol. The van der Waals surface area contributed by atoms with Gasteiger partial charge in [0.2, 0.25) is 0 Å². The van der Waals surface area contributed by atoms with Crippen molar-refractivity contribution in [1.82, 2.24) is 0 Å². The van der Waals surface area contributed by atoms with Crippen LogP contribution in [-0.2, 0) is 0 Å². The maximum atomic E-state index is 9.01. The predicted molar refractivity (Wildman–Crippen MR) is 77.5 cm³/mol. The van der Waals surface area contributed by atoms with Gasteiger partial charge in [0, 0.05) is 6.61 Å². The summed E-state index contributed by atoms with van der Waals surface area (Å²) in [5.41, 5.74) is 0. The van der Waals surface area contributed by atoms with Gasteiger partial charge in [0.1, 0.15) is 0 Å². The van der Waals surface area contributed by atoms with Crippen LogP contribution >= 0.6 is 0 Å². The second-order valence-corrected chi connectivity index (χ2v) is 6.86. The first-order valence-corrected chi connectivity index (χ1v) is 8.44. The van der Waals surface area contributed by atoms with E-state index in [9.17, 15) is 0 Å². The Morgan fingerprint density at radius 1 is 0.722 bits per heavy atom. The van der Waals surface area contributed by atoms with E-state index in [0.29, 0.717) is 6.61 Å². The van der Waals surface area contributed by atoms with Crippen LogP contribution in [-0.4, -0.2) is 11.7 Å². The molecule has 0 spiro atoms. The van der Waals surface area contributed by atoms with E-state index in [2.05, 4.69) is 6.92 Å². The molecule has 1 N–H and O–H groups in total. The highest BCUT2D eigenvalue weighted by molar-refractivity contribution is 4.81. The molecule has 1 heteroatoms. The van der Waals surface area contributed by atoms with Crippen molar-refractivity contribution in [3.63, 3.8) is 0 Å². The van der Waals surface area contributed by atoms with Gasteiger partial charge in [-0.2, -0.15) is 0 Å². The Morgan fingerprint density at radius 3 is 1.56 bits per heavy atom. The van der Waals surface area contributed by atoms with E-state index in [1.165, 1.54) is 64.2 Å². The van der Waals surface area contributed by atoms with Gasteiger partial charge < -0.3 is 5.11 Å². The number of aliphatic hydroxyl groups excluding tert-OH is 1. The van der Waals surface area contributed by atoms with Gasteiger partial charge in [-0.1, -0.05) is 45.4 Å². The summed E-state index contributed by atoms with van der Waals surface area (Å²) in [6.45, 7) is 2.73. The van der Waals surface area contributed by atoms with E-state index in [4.69, 9.17) is 5.11 Å². The first-order valence-electron chi connectivity index (χ1n) is 8.44. The molecule has 0 amide bonds. The topological polar surface area (TPSA) is 20.2 Å². The number of hydrogen-bond acceptors (Lipinski definition) is 1. The molecule has 2 saturated carbocycles. The molecule has 0 unspecified atom stereocenters. The minimum absolute atomic E-state index is 0.400. The molecule has 18 heavy (non-hydrogen) atoms. The summed E-state index contributed by atoms with van der Waals surface area (Å²) in [4.78, 5) is 0. The molecule has 0 radical (unpaired) electrons. The van der Waals surface area contributed by atoms with Crippen LogP contribution in [0.5, 0.6) is 0 Å². The Bertz CT molecular complexity index is 186. The average Bonchev–Trinajstić information content (AvgIpc) is 2.41. The molecule has 0 heterocycles. The van der Waals surface area contributed by atoms with Crippen molar-refractivity contribution in [2.24, 2.45) is 23.7 Å². The molecule has 0 saturated heterocycles. The average molecular weight is 252 g/mol. The standard InChI is InChI=1S/C17H32O/c1-2-3-14-4-8-16(9-5-14)17-10-6-15(7-11-17)12-13-18/h14-18H,2-13H2,1H3. The van der Waals surface area contributed by atoms with E-state index in [1.54, 1.807) is 0 Å². The fraction of sp³-hybridized carbons (Fsp3) is 1.00. The van der Waals surface area contributed by atoms with Crippen molar-refractivity contribution in [2.45, 2.75) is 77.6 Å². The quantitative estimate of drug-likeness (QED) is 0.746. The van der Waals surface area contributed by atoms with Crippen LogP contribution in [0.2, 0.25) is 0 Å². The lowest BCUT2D eigenvalue weighted by atomic mass is 9.68. The van der Waals surface area contributed by atoms with Crippen LogP contribution in [0.25, 0.3) is 0 Å². The molecular formula is C17H32O. The summed E-state index contributed by atoms with van der Waals surface area (Å²) in [5.74, 6) is 3.97. The molecule has 2 rings (SSSR count). The monoisotopic (exact) mass is 252 g/mol. The molecule has 106 valence electrons. The van der Waals surface area contributed by atoms with Gasteiger partial charge in [0.25, 0.3) is 0 Å². The van der Waals surface area contributed by atoms with Gasteiger partial charge in [-0.25, -0.2) is 0 Å². The van der Waals surface area contributed by atoms with Gasteiger partial charge in [-0.15, -0.1) is 0 Å². The first kappa shape index (κ1) is 14.4. The zero-order valence-corrected chi connectivity index (χ0v) is 12.2. The van der Waals surface area contributed by atoms with Crippen LogP contribution in [0, 0.1) is 23.7 Å². The second kappa shape index (κ2) is 7.53. The molecule has 0 aromatic carbocycles. The summed E-state index contributed by atoms with van der Waals surface area (Å²) >= 11 is 0. The van der Waals surface area contributed by atoms with Crippen LogP contribution in [0.3, 0.4) is 0 Å². The van der Waals surface area contributed by atoms with E-state index >= 15 is 0 Å². The number of rotatable bonds is 5. The van der Waals surface area contributed by atoms with Crippen molar-refractivity contribution in [1.29, 1.82) is 0 Å². The molecule has 1 nitrogen and oxygen atoms in total. The molecule has 0 atom stereocenters. The minimum Gasteiger partial charge on any atom is -0.396 e. The third-order valence-electron chi connectivity index (χ3n) is 5.68.